The van der Waals surface area contributed by atoms with Crippen LogP contribution in [-0.4, -0.2) is 25.8 Å². The molecular formula is C13H19FN2O2S. The minimum absolute atomic E-state index is 0.0318. The van der Waals surface area contributed by atoms with Crippen molar-refractivity contribution in [1.29, 1.82) is 0 Å². The van der Waals surface area contributed by atoms with Crippen molar-refractivity contribution in [2.24, 2.45) is 0 Å². The number of anilines is 1. The fourth-order valence-corrected chi connectivity index (χ4v) is 3.98. The summed E-state index contributed by atoms with van der Waals surface area (Å²) < 4.78 is 39.9. The highest BCUT2D eigenvalue weighted by Gasteiger charge is 2.30. The van der Waals surface area contributed by atoms with Crippen LogP contribution < -0.4 is 5.73 Å². The van der Waals surface area contributed by atoms with Crippen molar-refractivity contribution in [2.75, 3.05) is 12.8 Å². The standard InChI is InChI=1S/C13H19FN2O2S/c1-16(11-5-3-2-4-6-11)19(17,18)13-8-7-10(15)9-12(13)14/h7-9,11H,2-6,15H2,1H3. The summed E-state index contributed by atoms with van der Waals surface area (Å²) in [7, 11) is -2.25. The molecular weight excluding hydrogens is 267 g/mol. The predicted molar refractivity (Wildman–Crippen MR) is 72.6 cm³/mol. The van der Waals surface area contributed by atoms with Crippen LogP contribution in [0.1, 0.15) is 32.1 Å². The minimum Gasteiger partial charge on any atom is -0.399 e. The van der Waals surface area contributed by atoms with Crippen LogP contribution >= 0.6 is 0 Å². The monoisotopic (exact) mass is 286 g/mol. The van der Waals surface area contributed by atoms with Crippen LogP contribution in [-0.2, 0) is 10.0 Å². The zero-order valence-electron chi connectivity index (χ0n) is 11.0. The first-order valence-corrected chi connectivity index (χ1v) is 7.90. The molecule has 2 rings (SSSR count). The van der Waals surface area contributed by atoms with Gasteiger partial charge in [0.15, 0.2) is 0 Å². The van der Waals surface area contributed by atoms with Crippen molar-refractivity contribution in [3.8, 4) is 0 Å². The third-order valence-electron chi connectivity index (χ3n) is 3.70. The van der Waals surface area contributed by atoms with Gasteiger partial charge in [-0.1, -0.05) is 19.3 Å². The first-order valence-electron chi connectivity index (χ1n) is 6.46. The molecule has 1 aliphatic carbocycles. The van der Waals surface area contributed by atoms with Crippen LogP contribution in [0.3, 0.4) is 0 Å². The number of nitrogens with two attached hydrogens (primary N) is 1. The van der Waals surface area contributed by atoms with Crippen molar-refractivity contribution in [2.45, 2.75) is 43.0 Å². The van der Waals surface area contributed by atoms with E-state index in [-0.39, 0.29) is 16.6 Å². The number of hydrogen-bond acceptors (Lipinski definition) is 3. The van der Waals surface area contributed by atoms with Crippen LogP contribution in [0.15, 0.2) is 23.1 Å². The van der Waals surface area contributed by atoms with Crippen LogP contribution in [0.5, 0.6) is 0 Å². The molecule has 106 valence electrons. The molecule has 1 fully saturated rings. The molecule has 19 heavy (non-hydrogen) atoms. The van der Waals surface area contributed by atoms with Gasteiger partial charge in [-0.15, -0.1) is 0 Å². The van der Waals surface area contributed by atoms with E-state index in [0.29, 0.717) is 0 Å². The molecule has 2 N–H and O–H groups in total. The lowest BCUT2D eigenvalue weighted by molar-refractivity contribution is 0.285. The van der Waals surface area contributed by atoms with Gasteiger partial charge in [-0.05, 0) is 31.0 Å². The molecule has 4 nitrogen and oxygen atoms in total. The maximum Gasteiger partial charge on any atom is 0.245 e. The van der Waals surface area contributed by atoms with Gasteiger partial charge in [0.2, 0.25) is 10.0 Å². The number of nitrogen functional groups attached to an aromatic ring is 1. The van der Waals surface area contributed by atoms with E-state index in [0.717, 1.165) is 38.2 Å². The Hall–Kier alpha value is -1.14. The Bertz CT molecular complexity index is 554. The second-order valence-corrected chi connectivity index (χ2v) is 6.97. The molecule has 6 heteroatoms. The Morgan fingerprint density at radius 2 is 1.89 bits per heavy atom. The van der Waals surface area contributed by atoms with E-state index in [2.05, 4.69) is 0 Å². The molecule has 0 spiro atoms. The number of halogens is 1. The summed E-state index contributed by atoms with van der Waals surface area (Å²) in [6, 6.07) is 3.65. The zero-order chi connectivity index (χ0) is 14.0. The van der Waals surface area contributed by atoms with Gasteiger partial charge in [0.25, 0.3) is 0 Å². The average molecular weight is 286 g/mol. The van der Waals surface area contributed by atoms with E-state index in [1.54, 1.807) is 0 Å². The van der Waals surface area contributed by atoms with Gasteiger partial charge in [0.05, 0.1) is 0 Å². The second-order valence-electron chi connectivity index (χ2n) is 5.00. The molecule has 0 atom stereocenters. The number of rotatable bonds is 3. The molecule has 1 aromatic carbocycles. The lowest BCUT2D eigenvalue weighted by atomic mass is 9.96. The van der Waals surface area contributed by atoms with Crippen molar-refractivity contribution in [3.05, 3.63) is 24.0 Å². The largest absolute Gasteiger partial charge is 0.399 e. The van der Waals surface area contributed by atoms with E-state index >= 15 is 0 Å². The number of sulfonamides is 1. The van der Waals surface area contributed by atoms with Crippen LogP contribution in [0, 0.1) is 5.82 Å². The highest BCUT2D eigenvalue weighted by molar-refractivity contribution is 7.89. The summed E-state index contributed by atoms with van der Waals surface area (Å²) in [5.74, 6) is -0.789. The fourth-order valence-electron chi connectivity index (χ4n) is 2.52. The van der Waals surface area contributed by atoms with E-state index in [4.69, 9.17) is 5.73 Å². The third kappa shape index (κ3) is 2.90. The Balaban J connectivity index is 2.30. The Morgan fingerprint density at radius 3 is 2.47 bits per heavy atom. The maximum absolute atomic E-state index is 13.8. The lowest BCUT2D eigenvalue weighted by Crippen LogP contribution is -2.38. The van der Waals surface area contributed by atoms with Crippen molar-refractivity contribution >= 4 is 15.7 Å². The molecule has 0 saturated heterocycles. The van der Waals surface area contributed by atoms with Gasteiger partial charge in [-0.25, -0.2) is 12.8 Å². The minimum atomic E-state index is -3.78. The van der Waals surface area contributed by atoms with E-state index in [9.17, 15) is 12.8 Å². The molecule has 1 aromatic rings. The van der Waals surface area contributed by atoms with Gasteiger partial charge < -0.3 is 5.73 Å². The first kappa shape index (κ1) is 14.3. The number of benzene rings is 1. The summed E-state index contributed by atoms with van der Waals surface area (Å²) in [5, 5.41) is 0. The molecule has 0 aromatic heterocycles. The Kier molecular flexibility index (Phi) is 4.10. The summed E-state index contributed by atoms with van der Waals surface area (Å²) >= 11 is 0. The van der Waals surface area contributed by atoms with Gasteiger partial charge in [-0.3, -0.25) is 0 Å². The molecule has 0 radical (unpaired) electrons. The summed E-state index contributed by atoms with van der Waals surface area (Å²) in [5.41, 5.74) is 5.66. The van der Waals surface area contributed by atoms with E-state index in [1.807, 2.05) is 0 Å². The van der Waals surface area contributed by atoms with E-state index in [1.165, 1.54) is 23.5 Å². The summed E-state index contributed by atoms with van der Waals surface area (Å²) in [4.78, 5) is -0.297. The SMILES string of the molecule is CN(C1CCCCC1)S(=O)(=O)c1ccc(N)cc1F. The van der Waals surface area contributed by atoms with Crippen LogP contribution in [0.4, 0.5) is 10.1 Å². The topological polar surface area (TPSA) is 63.4 Å². The van der Waals surface area contributed by atoms with Gasteiger partial charge in [0.1, 0.15) is 10.7 Å². The van der Waals surface area contributed by atoms with Crippen molar-refractivity contribution in [3.63, 3.8) is 0 Å². The molecule has 1 aliphatic rings. The van der Waals surface area contributed by atoms with Crippen molar-refractivity contribution < 1.29 is 12.8 Å². The fraction of sp³-hybridized carbons (Fsp3) is 0.538. The van der Waals surface area contributed by atoms with Gasteiger partial charge in [0, 0.05) is 18.8 Å². The summed E-state index contributed by atoms with van der Waals surface area (Å²) in [6.07, 6.45) is 4.86. The molecule has 0 amide bonds. The summed E-state index contributed by atoms with van der Waals surface area (Å²) in [6.45, 7) is 0. The maximum atomic E-state index is 13.8. The molecule has 0 unspecified atom stereocenters. The smallest absolute Gasteiger partial charge is 0.245 e. The third-order valence-corrected chi connectivity index (χ3v) is 5.65. The van der Waals surface area contributed by atoms with Gasteiger partial charge >= 0.3 is 0 Å². The normalized spacial score (nSPS) is 17.8. The highest BCUT2D eigenvalue weighted by Crippen LogP contribution is 2.27. The van der Waals surface area contributed by atoms with E-state index < -0.39 is 15.8 Å². The second kappa shape index (κ2) is 5.46. The molecule has 0 bridgehead atoms. The lowest BCUT2D eigenvalue weighted by Gasteiger charge is -2.30. The van der Waals surface area contributed by atoms with Crippen LogP contribution in [0.2, 0.25) is 0 Å². The van der Waals surface area contributed by atoms with Gasteiger partial charge in [-0.2, -0.15) is 4.31 Å². The Morgan fingerprint density at radius 1 is 1.26 bits per heavy atom. The Labute approximate surface area is 113 Å². The molecule has 0 heterocycles. The first-order chi connectivity index (χ1) is 8.93. The average Bonchev–Trinajstić information content (AvgIpc) is 2.38. The van der Waals surface area contributed by atoms with Crippen LogP contribution in [0.25, 0.3) is 0 Å². The molecule has 1 saturated carbocycles. The highest BCUT2D eigenvalue weighted by atomic mass is 32.2. The predicted octanol–water partition coefficient (Wildman–Crippen LogP) is 2.36. The number of nitrogens with zero attached hydrogens (tertiary/aromatic N) is 1. The quantitative estimate of drug-likeness (QED) is 0.868. The van der Waals surface area contributed by atoms with Crippen molar-refractivity contribution in [1.82, 2.24) is 4.31 Å². The number of hydrogen-bond donors (Lipinski definition) is 1. The zero-order valence-corrected chi connectivity index (χ0v) is 11.8. The molecule has 0 aliphatic heterocycles.